The van der Waals surface area contributed by atoms with Crippen molar-refractivity contribution >= 4 is 5.97 Å². The molecule has 0 fully saturated rings. The fraction of sp³-hybridized carbons (Fsp3) is 0.567. The number of nitrogens with zero attached hydrogens (tertiary/aromatic N) is 1. The Kier molecular flexibility index (Phi) is 12.4. The second kappa shape index (κ2) is 15.2. The van der Waals surface area contributed by atoms with E-state index in [2.05, 4.69) is 46.7 Å². The molecule has 0 radical (unpaired) electrons. The first kappa shape index (κ1) is 30.1. The second-order valence-corrected chi connectivity index (χ2v) is 10.7. The summed E-state index contributed by atoms with van der Waals surface area (Å²) in [6.45, 7) is 14.4. The van der Waals surface area contributed by atoms with Crippen LogP contribution in [0.1, 0.15) is 83.5 Å². The van der Waals surface area contributed by atoms with E-state index in [4.69, 9.17) is 14.2 Å². The largest absolute Gasteiger partial charge is 0.493 e. The van der Waals surface area contributed by atoms with Crippen LogP contribution in [0.4, 0.5) is 0 Å². The van der Waals surface area contributed by atoms with E-state index in [9.17, 15) is 14.8 Å². The molecule has 204 valence electrons. The van der Waals surface area contributed by atoms with Crippen LogP contribution in [0.5, 0.6) is 17.2 Å². The standard InChI is InChI=1S/C30H43NO6/c1-20(2)11-14-35-26-9-7-23(17-25(26)19-29(32)33)30(31-34)24-8-10-27(36-15-12-21(3)4)28(18-24)37-16-13-22(5)6/h7-10,17-18,20-22,30H,11-16,19H2,1-6H3,(H,32,33). The lowest BCUT2D eigenvalue weighted by Gasteiger charge is -2.18. The van der Waals surface area contributed by atoms with Gasteiger partial charge in [-0.15, -0.1) is 4.91 Å². The number of carbonyl (C=O) groups is 1. The van der Waals surface area contributed by atoms with E-state index in [1.165, 1.54) is 0 Å². The lowest BCUT2D eigenvalue weighted by Crippen LogP contribution is -2.09. The van der Waals surface area contributed by atoms with Crippen LogP contribution in [0, 0.1) is 22.7 Å². The molecule has 2 rings (SSSR count). The predicted molar refractivity (Wildman–Crippen MR) is 147 cm³/mol. The fourth-order valence-electron chi connectivity index (χ4n) is 3.67. The number of nitroso groups, excluding NO2 is 1. The Morgan fingerprint density at radius 1 is 0.730 bits per heavy atom. The molecule has 0 amide bonds. The zero-order valence-corrected chi connectivity index (χ0v) is 23.2. The zero-order valence-electron chi connectivity index (χ0n) is 23.2. The van der Waals surface area contributed by atoms with Crippen molar-refractivity contribution in [3.63, 3.8) is 0 Å². The van der Waals surface area contributed by atoms with Crippen LogP contribution in [-0.2, 0) is 11.2 Å². The van der Waals surface area contributed by atoms with Crippen LogP contribution >= 0.6 is 0 Å². The lowest BCUT2D eigenvalue weighted by atomic mass is 9.96. The molecule has 0 saturated carbocycles. The number of hydrogen-bond acceptors (Lipinski definition) is 6. The van der Waals surface area contributed by atoms with E-state index >= 15 is 0 Å². The van der Waals surface area contributed by atoms with Crippen molar-refractivity contribution in [2.45, 2.75) is 73.3 Å². The summed E-state index contributed by atoms with van der Waals surface area (Å²) in [7, 11) is 0. The Morgan fingerprint density at radius 2 is 1.19 bits per heavy atom. The maximum atomic E-state index is 12.0. The average molecular weight is 514 g/mol. The van der Waals surface area contributed by atoms with Gasteiger partial charge in [0.15, 0.2) is 11.5 Å². The quantitative estimate of drug-likeness (QED) is 0.221. The second-order valence-electron chi connectivity index (χ2n) is 10.7. The molecule has 0 spiro atoms. The summed E-state index contributed by atoms with van der Waals surface area (Å²) < 4.78 is 17.9. The van der Waals surface area contributed by atoms with Gasteiger partial charge in [0.25, 0.3) is 0 Å². The Labute approximate surface area is 221 Å². The summed E-state index contributed by atoms with van der Waals surface area (Å²) in [6, 6.07) is 9.83. The molecule has 0 aliphatic heterocycles. The van der Waals surface area contributed by atoms with Gasteiger partial charge in [-0.05, 0) is 72.4 Å². The molecule has 7 nitrogen and oxygen atoms in total. The molecular weight excluding hydrogens is 470 g/mol. The van der Waals surface area contributed by atoms with Crippen molar-refractivity contribution in [1.29, 1.82) is 0 Å². The van der Waals surface area contributed by atoms with Crippen LogP contribution in [0.3, 0.4) is 0 Å². The number of rotatable bonds is 17. The first-order chi connectivity index (χ1) is 17.6. The summed E-state index contributed by atoms with van der Waals surface area (Å²) in [5.74, 6) is 2.25. The van der Waals surface area contributed by atoms with Crippen molar-refractivity contribution in [3.05, 3.63) is 58.0 Å². The Balaban J connectivity index is 2.35. The monoisotopic (exact) mass is 513 g/mol. The molecule has 0 bridgehead atoms. The van der Waals surface area contributed by atoms with Gasteiger partial charge in [-0.2, -0.15) is 0 Å². The normalized spacial score (nSPS) is 12.1. The molecule has 0 aliphatic carbocycles. The van der Waals surface area contributed by atoms with Gasteiger partial charge in [0.05, 0.1) is 26.2 Å². The number of carboxylic acid groups (broad SMARTS) is 1. The minimum Gasteiger partial charge on any atom is -0.493 e. The number of aliphatic carboxylic acids is 1. The highest BCUT2D eigenvalue weighted by molar-refractivity contribution is 5.71. The molecular formula is C30H43NO6. The Morgan fingerprint density at radius 3 is 1.68 bits per heavy atom. The Bertz CT molecular complexity index is 1000. The molecule has 0 saturated heterocycles. The van der Waals surface area contributed by atoms with Crippen molar-refractivity contribution in [3.8, 4) is 17.2 Å². The third kappa shape index (κ3) is 10.4. The number of ether oxygens (including phenoxy) is 3. The minimum absolute atomic E-state index is 0.206. The summed E-state index contributed by atoms with van der Waals surface area (Å²) >= 11 is 0. The van der Waals surface area contributed by atoms with Gasteiger partial charge >= 0.3 is 5.97 Å². The summed E-state index contributed by atoms with van der Waals surface area (Å²) in [4.78, 5) is 23.6. The van der Waals surface area contributed by atoms with Gasteiger partial charge in [-0.1, -0.05) is 58.9 Å². The van der Waals surface area contributed by atoms with E-state index in [0.29, 0.717) is 71.5 Å². The lowest BCUT2D eigenvalue weighted by molar-refractivity contribution is -0.136. The molecule has 7 heteroatoms. The van der Waals surface area contributed by atoms with Crippen molar-refractivity contribution in [1.82, 2.24) is 0 Å². The molecule has 0 aliphatic rings. The highest BCUT2D eigenvalue weighted by Gasteiger charge is 2.20. The van der Waals surface area contributed by atoms with Crippen molar-refractivity contribution in [2.75, 3.05) is 19.8 Å². The van der Waals surface area contributed by atoms with E-state index in [-0.39, 0.29) is 6.42 Å². The zero-order chi connectivity index (χ0) is 27.4. The Hall–Kier alpha value is -3.09. The van der Waals surface area contributed by atoms with Gasteiger partial charge in [-0.3, -0.25) is 4.79 Å². The fourth-order valence-corrected chi connectivity index (χ4v) is 3.67. The molecule has 37 heavy (non-hydrogen) atoms. The van der Waals surface area contributed by atoms with Crippen molar-refractivity contribution in [2.24, 2.45) is 22.9 Å². The van der Waals surface area contributed by atoms with Gasteiger partial charge in [0, 0.05) is 5.56 Å². The first-order valence-electron chi connectivity index (χ1n) is 13.3. The summed E-state index contributed by atoms with van der Waals surface area (Å²) in [5.41, 5.74) is 1.77. The molecule has 1 atom stereocenters. The van der Waals surface area contributed by atoms with E-state index in [1.54, 1.807) is 24.3 Å². The SMILES string of the molecule is CC(C)CCOc1ccc(C(N=O)c2ccc(OCCC(C)C)c(OCCC(C)C)c2)cc1CC(=O)O. The van der Waals surface area contributed by atoms with Crippen LogP contribution in [0.15, 0.2) is 41.6 Å². The summed E-state index contributed by atoms with van der Waals surface area (Å²) in [6.07, 6.45) is 2.46. The van der Waals surface area contributed by atoms with Crippen molar-refractivity contribution < 1.29 is 24.1 Å². The van der Waals surface area contributed by atoms with Gasteiger partial charge in [0.2, 0.25) is 0 Å². The maximum Gasteiger partial charge on any atom is 0.307 e. The number of hydrogen-bond donors (Lipinski definition) is 1. The maximum absolute atomic E-state index is 12.0. The van der Waals surface area contributed by atoms with Crippen LogP contribution < -0.4 is 14.2 Å². The van der Waals surface area contributed by atoms with Crippen LogP contribution in [-0.4, -0.2) is 30.9 Å². The minimum atomic E-state index is -0.967. The average Bonchev–Trinajstić information content (AvgIpc) is 2.81. The third-order valence-corrected chi connectivity index (χ3v) is 5.99. The molecule has 2 aromatic carbocycles. The smallest absolute Gasteiger partial charge is 0.307 e. The molecule has 0 heterocycles. The van der Waals surface area contributed by atoms with Crippen LogP contribution in [0.25, 0.3) is 0 Å². The highest BCUT2D eigenvalue weighted by Crippen LogP contribution is 2.36. The van der Waals surface area contributed by atoms with Gasteiger partial charge in [0.1, 0.15) is 11.8 Å². The number of carboxylic acids is 1. The number of benzene rings is 2. The molecule has 2 aromatic rings. The summed E-state index contributed by atoms with van der Waals surface area (Å²) in [5, 5.41) is 12.8. The predicted octanol–water partition coefficient (Wildman–Crippen LogP) is 7.44. The topological polar surface area (TPSA) is 94.4 Å². The van der Waals surface area contributed by atoms with E-state index in [0.717, 1.165) is 19.3 Å². The van der Waals surface area contributed by atoms with E-state index < -0.39 is 12.0 Å². The van der Waals surface area contributed by atoms with Crippen LogP contribution in [0.2, 0.25) is 0 Å². The highest BCUT2D eigenvalue weighted by atomic mass is 16.5. The van der Waals surface area contributed by atoms with Gasteiger partial charge < -0.3 is 19.3 Å². The van der Waals surface area contributed by atoms with Gasteiger partial charge in [-0.25, -0.2) is 0 Å². The third-order valence-electron chi connectivity index (χ3n) is 5.99. The molecule has 1 unspecified atom stereocenters. The molecule has 1 N–H and O–H groups in total. The molecule has 0 aromatic heterocycles. The first-order valence-corrected chi connectivity index (χ1v) is 13.3. The van der Waals surface area contributed by atoms with E-state index in [1.807, 2.05) is 12.1 Å².